The quantitative estimate of drug-likeness (QED) is 0.115. The highest BCUT2D eigenvalue weighted by Crippen LogP contribution is 2.41. The van der Waals surface area contributed by atoms with E-state index >= 15 is 0 Å². The van der Waals surface area contributed by atoms with E-state index in [0.29, 0.717) is 11.8 Å². The standard InChI is InChI=1S/C60H56N4/c1-7-19-49(20-8-1)61(50-21-9-2-10-22-50)57-39-43-59(44-40-57)63(53-27-15-5-16-28-53)55-35-31-47(32-36-55)48-33-37-56(38-34-48)64(54-29-17-6-18-30-54)60-45-41-58(42-46-60)62(51-23-11-3-12-24-51)52-25-13-4-14-26-52/h1-3,6-13,17-27,29-31,33,35-48H,4-5,14-16,28,32,34H2. The highest BCUT2D eigenvalue weighted by Gasteiger charge is 2.26. The second kappa shape index (κ2) is 19.4. The number of para-hydroxylation sites is 4. The summed E-state index contributed by atoms with van der Waals surface area (Å²) in [4.78, 5) is 9.61. The van der Waals surface area contributed by atoms with Crippen molar-refractivity contribution in [2.24, 2.45) is 11.8 Å². The fraction of sp³-hybridized carbons (Fsp3) is 0.167. The van der Waals surface area contributed by atoms with Gasteiger partial charge in [-0.3, -0.25) is 0 Å². The minimum absolute atomic E-state index is 0.428. The molecule has 0 aromatic heterocycles. The smallest absolute Gasteiger partial charge is 0.0463 e. The Morgan fingerprint density at radius 2 is 0.703 bits per heavy atom. The van der Waals surface area contributed by atoms with Gasteiger partial charge in [-0.25, -0.2) is 0 Å². The molecule has 6 aromatic carbocycles. The number of anilines is 8. The summed E-state index contributed by atoms with van der Waals surface area (Å²) in [5.74, 6) is 0.863. The average Bonchev–Trinajstić information content (AvgIpc) is 3.38. The Labute approximate surface area is 380 Å². The topological polar surface area (TPSA) is 13.0 Å². The van der Waals surface area contributed by atoms with Crippen molar-refractivity contribution in [2.75, 3.05) is 19.6 Å². The molecule has 4 nitrogen and oxygen atoms in total. The minimum atomic E-state index is 0.428. The van der Waals surface area contributed by atoms with Gasteiger partial charge in [-0.1, -0.05) is 115 Å². The first kappa shape index (κ1) is 40.8. The summed E-state index contributed by atoms with van der Waals surface area (Å²) in [6.45, 7) is 0. The van der Waals surface area contributed by atoms with Crippen molar-refractivity contribution in [3.8, 4) is 0 Å². The summed E-state index contributed by atoms with van der Waals surface area (Å²) in [6, 6.07) is 61.0. The Morgan fingerprint density at radius 1 is 0.312 bits per heavy atom. The van der Waals surface area contributed by atoms with Crippen LogP contribution in [0.15, 0.2) is 253 Å². The fourth-order valence-corrected chi connectivity index (χ4v) is 9.64. The lowest BCUT2D eigenvalue weighted by Crippen LogP contribution is -2.25. The molecule has 0 spiro atoms. The first-order chi connectivity index (χ1) is 31.8. The lowest BCUT2D eigenvalue weighted by Gasteiger charge is -2.34. The van der Waals surface area contributed by atoms with Gasteiger partial charge in [0.15, 0.2) is 0 Å². The molecule has 0 fully saturated rings. The third-order valence-electron chi connectivity index (χ3n) is 12.9. The van der Waals surface area contributed by atoms with Crippen molar-refractivity contribution < 1.29 is 0 Å². The third-order valence-corrected chi connectivity index (χ3v) is 12.9. The van der Waals surface area contributed by atoms with Gasteiger partial charge in [0, 0.05) is 68.3 Å². The number of hydrogen-bond acceptors (Lipinski definition) is 4. The van der Waals surface area contributed by atoms with Gasteiger partial charge in [0.1, 0.15) is 0 Å². The zero-order valence-corrected chi connectivity index (χ0v) is 36.5. The molecule has 0 heterocycles. The van der Waals surface area contributed by atoms with Gasteiger partial charge in [-0.05, 0) is 178 Å². The fourth-order valence-electron chi connectivity index (χ4n) is 9.64. The molecule has 4 heteroatoms. The summed E-state index contributed by atoms with van der Waals surface area (Å²) < 4.78 is 0. The normalized spacial score (nSPS) is 18.0. The molecule has 6 aromatic rings. The molecule has 0 aliphatic heterocycles. The number of nitrogens with zero attached hydrogens (tertiary/aromatic N) is 4. The van der Waals surface area contributed by atoms with Crippen LogP contribution in [-0.4, -0.2) is 0 Å². The number of benzene rings is 6. The van der Waals surface area contributed by atoms with Crippen LogP contribution in [0.5, 0.6) is 0 Å². The van der Waals surface area contributed by atoms with Gasteiger partial charge < -0.3 is 19.6 Å². The zero-order chi connectivity index (χ0) is 42.9. The first-order valence-corrected chi connectivity index (χ1v) is 23.2. The molecule has 64 heavy (non-hydrogen) atoms. The summed E-state index contributed by atoms with van der Waals surface area (Å²) in [5.41, 5.74) is 14.4. The Hall–Kier alpha value is -7.30. The van der Waals surface area contributed by atoms with Crippen molar-refractivity contribution in [1.29, 1.82) is 0 Å². The molecule has 0 saturated carbocycles. The van der Waals surface area contributed by atoms with Crippen molar-refractivity contribution in [3.63, 3.8) is 0 Å². The molecule has 4 aliphatic rings. The molecule has 0 radical (unpaired) electrons. The summed E-state index contributed by atoms with van der Waals surface area (Å²) in [6.07, 6.45) is 32.8. The van der Waals surface area contributed by atoms with Crippen LogP contribution in [0.4, 0.5) is 45.5 Å². The second-order valence-electron chi connectivity index (χ2n) is 17.0. The van der Waals surface area contributed by atoms with Crippen molar-refractivity contribution in [3.05, 3.63) is 253 Å². The molecule has 316 valence electrons. The van der Waals surface area contributed by atoms with Gasteiger partial charge in [-0.2, -0.15) is 0 Å². The van der Waals surface area contributed by atoms with E-state index in [0.717, 1.165) is 72.6 Å². The monoisotopic (exact) mass is 832 g/mol. The van der Waals surface area contributed by atoms with Crippen LogP contribution >= 0.6 is 0 Å². The number of allylic oxidation sites excluding steroid dienone is 11. The van der Waals surface area contributed by atoms with Crippen LogP contribution in [0.3, 0.4) is 0 Å². The van der Waals surface area contributed by atoms with Crippen molar-refractivity contribution >= 4 is 45.5 Å². The Kier molecular flexibility index (Phi) is 12.3. The molecular weight excluding hydrogens is 777 g/mol. The Balaban J connectivity index is 0.870. The number of rotatable bonds is 13. The SMILES string of the molecule is C1=CC(N(c2ccccc2)c2ccc(N(C3=CCC(C4C=CC(N(C5=CCCCC5)c5ccc(N(c6ccccc6)c6ccccc6)cc5)=CC4)C=C3)c3ccccc3)cc2)=CCC1. The molecule has 10 rings (SSSR count). The van der Waals surface area contributed by atoms with E-state index in [1.165, 1.54) is 47.0 Å². The van der Waals surface area contributed by atoms with Crippen LogP contribution in [0, 0.1) is 11.8 Å². The van der Waals surface area contributed by atoms with Crippen LogP contribution in [0.25, 0.3) is 0 Å². The van der Waals surface area contributed by atoms with Crippen LogP contribution < -0.4 is 19.6 Å². The van der Waals surface area contributed by atoms with E-state index in [1.807, 2.05) is 0 Å². The Morgan fingerprint density at radius 3 is 1.09 bits per heavy atom. The lowest BCUT2D eigenvalue weighted by molar-refractivity contribution is 0.474. The second-order valence-corrected chi connectivity index (χ2v) is 17.0. The molecule has 2 atom stereocenters. The minimum Gasteiger partial charge on any atom is -0.315 e. The molecule has 4 aliphatic carbocycles. The average molecular weight is 833 g/mol. The van der Waals surface area contributed by atoms with E-state index in [2.05, 4.69) is 250 Å². The van der Waals surface area contributed by atoms with Crippen LogP contribution in [0.1, 0.15) is 51.4 Å². The molecule has 0 N–H and O–H groups in total. The van der Waals surface area contributed by atoms with E-state index in [4.69, 9.17) is 0 Å². The van der Waals surface area contributed by atoms with Crippen molar-refractivity contribution in [2.45, 2.75) is 51.4 Å². The largest absolute Gasteiger partial charge is 0.315 e. The molecule has 0 bridgehead atoms. The van der Waals surface area contributed by atoms with E-state index in [1.54, 1.807) is 0 Å². The third kappa shape index (κ3) is 8.96. The maximum atomic E-state index is 2.52. The van der Waals surface area contributed by atoms with Crippen molar-refractivity contribution in [1.82, 2.24) is 0 Å². The van der Waals surface area contributed by atoms with E-state index < -0.39 is 0 Å². The first-order valence-electron chi connectivity index (χ1n) is 23.2. The maximum absolute atomic E-state index is 2.52. The van der Waals surface area contributed by atoms with Crippen LogP contribution in [-0.2, 0) is 0 Å². The summed E-state index contributed by atoms with van der Waals surface area (Å²) in [7, 11) is 0. The van der Waals surface area contributed by atoms with Gasteiger partial charge in [-0.15, -0.1) is 0 Å². The highest BCUT2D eigenvalue weighted by atomic mass is 15.2. The summed E-state index contributed by atoms with van der Waals surface area (Å²) >= 11 is 0. The van der Waals surface area contributed by atoms with Gasteiger partial charge in [0.2, 0.25) is 0 Å². The number of hydrogen-bond donors (Lipinski definition) is 0. The van der Waals surface area contributed by atoms with E-state index in [9.17, 15) is 0 Å². The molecule has 0 saturated heterocycles. The highest BCUT2D eigenvalue weighted by molar-refractivity contribution is 5.79. The maximum Gasteiger partial charge on any atom is 0.0463 e. The molecule has 2 unspecified atom stereocenters. The summed E-state index contributed by atoms with van der Waals surface area (Å²) in [5, 5.41) is 0. The molecule has 0 amide bonds. The predicted molar refractivity (Wildman–Crippen MR) is 271 cm³/mol. The predicted octanol–water partition coefficient (Wildman–Crippen LogP) is 16.6. The molecular formula is C60H56N4. The van der Waals surface area contributed by atoms with Gasteiger partial charge in [0.25, 0.3) is 0 Å². The van der Waals surface area contributed by atoms with Crippen LogP contribution in [0.2, 0.25) is 0 Å². The van der Waals surface area contributed by atoms with E-state index in [-0.39, 0.29) is 0 Å². The lowest BCUT2D eigenvalue weighted by atomic mass is 9.81. The van der Waals surface area contributed by atoms with Gasteiger partial charge in [0.05, 0.1) is 0 Å². The van der Waals surface area contributed by atoms with Gasteiger partial charge >= 0.3 is 0 Å². The zero-order valence-electron chi connectivity index (χ0n) is 36.5. The Bertz CT molecular complexity index is 2670.